The Labute approximate surface area is 108 Å². The molecule has 1 amide bonds. The number of halogens is 4. The summed E-state index contributed by atoms with van der Waals surface area (Å²) in [6, 6.07) is 0.930. The Morgan fingerprint density at radius 2 is 1.78 bits per heavy atom. The fraction of sp³-hybridized carbons (Fsp3) is 0.417. The molecule has 100 valence electrons. The first-order valence-electron chi connectivity index (χ1n) is 5.30. The molecule has 0 bridgehead atoms. The average molecular weight is 280 g/mol. The van der Waals surface area contributed by atoms with E-state index < -0.39 is 34.5 Å². The number of carbonyl (C=O) groups excluding carboxylic acids is 1. The lowest BCUT2D eigenvalue weighted by molar-refractivity contribution is 0.0903. The van der Waals surface area contributed by atoms with Gasteiger partial charge in [-0.15, -0.1) is 11.6 Å². The maximum Gasteiger partial charge on any atom is 0.257 e. The van der Waals surface area contributed by atoms with E-state index in [1.807, 2.05) is 0 Å². The van der Waals surface area contributed by atoms with Gasteiger partial charge >= 0.3 is 0 Å². The van der Waals surface area contributed by atoms with Gasteiger partial charge in [-0.25, -0.2) is 13.2 Å². The summed E-state index contributed by atoms with van der Waals surface area (Å²) in [4.78, 5) is 11.7. The van der Waals surface area contributed by atoms with Gasteiger partial charge in [0.1, 0.15) is 23.0 Å². The molecule has 1 N–H and O–H groups in total. The van der Waals surface area contributed by atoms with E-state index in [1.54, 1.807) is 13.8 Å². The molecule has 0 radical (unpaired) electrons. The smallest absolute Gasteiger partial charge is 0.257 e. The Morgan fingerprint density at radius 1 is 1.28 bits per heavy atom. The predicted octanol–water partition coefficient (Wildman–Crippen LogP) is 3.24. The van der Waals surface area contributed by atoms with Crippen LogP contribution in [0.15, 0.2) is 12.1 Å². The van der Waals surface area contributed by atoms with Crippen molar-refractivity contribution in [2.45, 2.75) is 25.8 Å². The Morgan fingerprint density at radius 3 is 2.22 bits per heavy atom. The Bertz CT molecular complexity index is 440. The summed E-state index contributed by atoms with van der Waals surface area (Å²) in [5.74, 6) is -4.16. The second-order valence-electron chi connectivity index (χ2n) is 4.52. The van der Waals surface area contributed by atoms with Crippen LogP contribution >= 0.6 is 11.6 Å². The van der Waals surface area contributed by atoms with Crippen LogP contribution in [-0.2, 0) is 0 Å². The monoisotopic (exact) mass is 279 g/mol. The quantitative estimate of drug-likeness (QED) is 0.842. The van der Waals surface area contributed by atoms with Crippen molar-refractivity contribution in [3.05, 3.63) is 35.1 Å². The van der Waals surface area contributed by atoms with Crippen molar-refractivity contribution in [2.24, 2.45) is 0 Å². The molecule has 0 fully saturated rings. The zero-order chi connectivity index (χ0) is 13.9. The van der Waals surface area contributed by atoms with E-state index in [-0.39, 0.29) is 0 Å². The molecule has 1 rings (SSSR count). The van der Waals surface area contributed by atoms with Crippen molar-refractivity contribution >= 4 is 17.5 Å². The van der Waals surface area contributed by atoms with Crippen LogP contribution in [0.4, 0.5) is 13.2 Å². The molecule has 6 heteroatoms. The van der Waals surface area contributed by atoms with Crippen molar-refractivity contribution in [3.8, 4) is 0 Å². The van der Waals surface area contributed by atoms with Crippen LogP contribution in [0.3, 0.4) is 0 Å². The van der Waals surface area contributed by atoms with Crippen molar-refractivity contribution in [2.75, 3.05) is 5.88 Å². The highest BCUT2D eigenvalue weighted by molar-refractivity contribution is 6.17. The summed E-state index contributed by atoms with van der Waals surface area (Å²) in [5, 5.41) is 2.45. The molecule has 0 aromatic heterocycles. The van der Waals surface area contributed by atoms with E-state index in [2.05, 4.69) is 5.32 Å². The van der Waals surface area contributed by atoms with Gasteiger partial charge in [-0.2, -0.15) is 0 Å². The highest BCUT2D eigenvalue weighted by Crippen LogP contribution is 2.17. The van der Waals surface area contributed by atoms with Crippen LogP contribution in [0, 0.1) is 17.5 Å². The Balaban J connectivity index is 2.98. The van der Waals surface area contributed by atoms with E-state index in [1.165, 1.54) is 0 Å². The highest BCUT2D eigenvalue weighted by Gasteiger charge is 2.25. The van der Waals surface area contributed by atoms with Crippen LogP contribution in [0.5, 0.6) is 0 Å². The molecule has 0 saturated carbocycles. The van der Waals surface area contributed by atoms with Crippen molar-refractivity contribution < 1.29 is 18.0 Å². The van der Waals surface area contributed by atoms with Gasteiger partial charge in [0.15, 0.2) is 0 Å². The van der Waals surface area contributed by atoms with Gasteiger partial charge in [-0.05, 0) is 20.3 Å². The lowest BCUT2D eigenvalue weighted by Gasteiger charge is -2.25. The summed E-state index contributed by atoms with van der Waals surface area (Å²) >= 11 is 5.55. The number of rotatable bonds is 4. The first-order valence-corrected chi connectivity index (χ1v) is 5.83. The minimum atomic E-state index is -1.23. The van der Waals surface area contributed by atoms with Crippen molar-refractivity contribution in [1.29, 1.82) is 0 Å². The van der Waals surface area contributed by atoms with E-state index in [4.69, 9.17) is 11.6 Å². The lowest BCUT2D eigenvalue weighted by Crippen LogP contribution is -2.44. The summed E-state index contributed by atoms with van der Waals surface area (Å²) in [5.41, 5.74) is -1.49. The molecule has 0 atom stereocenters. The predicted molar refractivity (Wildman–Crippen MR) is 63.2 cm³/mol. The molecule has 0 saturated heterocycles. The van der Waals surface area contributed by atoms with Gasteiger partial charge in [0.25, 0.3) is 5.91 Å². The molecule has 18 heavy (non-hydrogen) atoms. The maximum absolute atomic E-state index is 13.4. The third kappa shape index (κ3) is 3.63. The standard InChI is InChI=1S/C12H13ClF3NO/c1-12(2,3-4-13)17-11(18)10-8(15)5-7(14)6-9(10)16/h5-6H,3-4H2,1-2H3,(H,17,18). The van der Waals surface area contributed by atoms with Crippen molar-refractivity contribution in [3.63, 3.8) is 0 Å². The largest absolute Gasteiger partial charge is 0.347 e. The molecule has 0 unspecified atom stereocenters. The molecule has 0 aliphatic rings. The number of hydrogen-bond donors (Lipinski definition) is 1. The average Bonchev–Trinajstić information content (AvgIpc) is 2.13. The third-order valence-electron chi connectivity index (χ3n) is 2.41. The summed E-state index contributed by atoms with van der Waals surface area (Å²) in [6.07, 6.45) is 0.435. The molecule has 1 aromatic carbocycles. The molecule has 0 heterocycles. The van der Waals surface area contributed by atoms with Crippen molar-refractivity contribution in [1.82, 2.24) is 5.32 Å². The third-order valence-corrected chi connectivity index (χ3v) is 2.59. The Kier molecular flexibility index (Phi) is 4.62. The van der Waals surface area contributed by atoms with Gasteiger partial charge < -0.3 is 5.32 Å². The van der Waals surface area contributed by atoms with Gasteiger partial charge in [0.05, 0.1) is 0 Å². The van der Waals surface area contributed by atoms with Crippen LogP contribution in [0.1, 0.15) is 30.6 Å². The maximum atomic E-state index is 13.4. The molecule has 0 spiro atoms. The SMILES string of the molecule is CC(C)(CCCl)NC(=O)c1c(F)cc(F)cc1F. The van der Waals surface area contributed by atoms with Crippen LogP contribution in [0.25, 0.3) is 0 Å². The lowest BCUT2D eigenvalue weighted by atomic mass is 10.0. The molecule has 1 aromatic rings. The fourth-order valence-electron chi connectivity index (χ4n) is 1.43. The normalized spacial score (nSPS) is 11.4. The Hall–Kier alpha value is -1.23. The highest BCUT2D eigenvalue weighted by atomic mass is 35.5. The molecular weight excluding hydrogens is 267 g/mol. The summed E-state index contributed by atoms with van der Waals surface area (Å²) < 4.78 is 39.4. The minimum Gasteiger partial charge on any atom is -0.347 e. The number of carbonyl (C=O) groups is 1. The fourth-order valence-corrected chi connectivity index (χ4v) is 1.90. The van der Waals surface area contributed by atoms with Crippen LogP contribution < -0.4 is 5.32 Å². The number of hydrogen-bond acceptors (Lipinski definition) is 1. The summed E-state index contributed by atoms with van der Waals surface area (Å²) in [7, 11) is 0. The second-order valence-corrected chi connectivity index (χ2v) is 4.90. The minimum absolute atomic E-state index is 0.293. The zero-order valence-corrected chi connectivity index (χ0v) is 10.7. The molecule has 0 aliphatic carbocycles. The second kappa shape index (κ2) is 5.61. The van der Waals surface area contributed by atoms with Crippen LogP contribution in [-0.4, -0.2) is 17.3 Å². The van der Waals surface area contributed by atoms with Gasteiger partial charge in [-0.1, -0.05) is 0 Å². The first-order chi connectivity index (χ1) is 8.26. The number of benzene rings is 1. The summed E-state index contributed by atoms with van der Waals surface area (Å²) in [6.45, 7) is 3.35. The zero-order valence-electron chi connectivity index (χ0n) is 9.99. The molecule has 0 aliphatic heterocycles. The number of amides is 1. The van der Waals surface area contributed by atoms with Crippen LogP contribution in [0.2, 0.25) is 0 Å². The number of nitrogens with one attached hydrogen (secondary N) is 1. The van der Waals surface area contributed by atoms with E-state index in [9.17, 15) is 18.0 Å². The van der Waals surface area contributed by atoms with Gasteiger partial charge in [0.2, 0.25) is 0 Å². The van der Waals surface area contributed by atoms with E-state index in [0.29, 0.717) is 24.4 Å². The molecule has 2 nitrogen and oxygen atoms in total. The van der Waals surface area contributed by atoms with E-state index in [0.717, 1.165) is 0 Å². The topological polar surface area (TPSA) is 29.1 Å². The van der Waals surface area contributed by atoms with Gasteiger partial charge in [0, 0.05) is 23.6 Å². The number of alkyl halides is 1. The molecular formula is C12H13ClF3NO. The first kappa shape index (κ1) is 14.8. The van der Waals surface area contributed by atoms with Gasteiger partial charge in [-0.3, -0.25) is 4.79 Å². The van der Waals surface area contributed by atoms with E-state index >= 15 is 0 Å².